The molecule has 1 saturated heterocycles. The van der Waals surface area contributed by atoms with Crippen LogP contribution in [0.3, 0.4) is 0 Å². The number of rotatable bonds is 6. The summed E-state index contributed by atoms with van der Waals surface area (Å²) in [6, 6.07) is 13.3. The first-order chi connectivity index (χ1) is 14.1. The molecule has 1 fully saturated rings. The lowest BCUT2D eigenvalue weighted by molar-refractivity contribution is -0.136. The van der Waals surface area contributed by atoms with Crippen molar-refractivity contribution in [3.63, 3.8) is 0 Å². The van der Waals surface area contributed by atoms with E-state index in [1.165, 1.54) is 0 Å². The van der Waals surface area contributed by atoms with E-state index in [1.807, 2.05) is 36.4 Å². The lowest BCUT2D eigenvalue weighted by Gasteiger charge is -2.29. The van der Waals surface area contributed by atoms with E-state index in [4.69, 9.17) is 5.73 Å². The van der Waals surface area contributed by atoms with Crippen LogP contribution < -0.4 is 16.4 Å². The number of fused-ring (bicyclic) bond motifs is 1. The zero-order valence-corrected chi connectivity index (χ0v) is 16.1. The lowest BCUT2D eigenvalue weighted by Crippen LogP contribution is -2.52. The van der Waals surface area contributed by atoms with Crippen LogP contribution in [0, 0.1) is 0 Å². The molecule has 3 amide bonds. The summed E-state index contributed by atoms with van der Waals surface area (Å²) in [6.45, 7) is 1.49. The minimum Gasteiger partial charge on any atom is -0.381 e. The fraction of sp³-hybridized carbons (Fsp3) is 0.318. The van der Waals surface area contributed by atoms with Crippen molar-refractivity contribution in [2.75, 3.05) is 11.9 Å². The normalized spacial score (nSPS) is 18.6. The Labute approximate surface area is 169 Å². The van der Waals surface area contributed by atoms with Gasteiger partial charge in [0.2, 0.25) is 11.8 Å². The highest BCUT2D eigenvalue weighted by molar-refractivity contribution is 6.06. The molecule has 0 spiro atoms. The lowest BCUT2D eigenvalue weighted by atomic mass is 10.0. The number of benzene rings is 2. The number of piperidine rings is 1. The van der Waals surface area contributed by atoms with Gasteiger partial charge in [-0.05, 0) is 48.2 Å². The zero-order chi connectivity index (χ0) is 20.4. The highest BCUT2D eigenvalue weighted by Crippen LogP contribution is 2.30. The first kappa shape index (κ1) is 19.1. The largest absolute Gasteiger partial charge is 0.381 e. The number of hydrogen-bond acceptors (Lipinski definition) is 5. The van der Waals surface area contributed by atoms with E-state index in [9.17, 15) is 14.4 Å². The van der Waals surface area contributed by atoms with Gasteiger partial charge < -0.3 is 16.0 Å². The Hall–Kier alpha value is -3.19. The number of carbonyl (C=O) groups is 3. The third-order valence-corrected chi connectivity index (χ3v) is 5.48. The van der Waals surface area contributed by atoms with Crippen molar-refractivity contribution in [2.45, 2.75) is 38.4 Å². The Morgan fingerprint density at radius 3 is 2.76 bits per heavy atom. The van der Waals surface area contributed by atoms with Crippen molar-refractivity contribution in [2.24, 2.45) is 5.73 Å². The second kappa shape index (κ2) is 8.05. The average molecular weight is 392 g/mol. The Morgan fingerprint density at radius 2 is 1.97 bits per heavy atom. The molecule has 0 saturated carbocycles. The minimum absolute atomic E-state index is 0.149. The summed E-state index contributed by atoms with van der Waals surface area (Å²) in [6.07, 6.45) is 1.44. The van der Waals surface area contributed by atoms with Gasteiger partial charge in [0.15, 0.2) is 0 Å². The van der Waals surface area contributed by atoms with Crippen LogP contribution >= 0.6 is 0 Å². The molecule has 0 bridgehead atoms. The van der Waals surface area contributed by atoms with E-state index in [1.54, 1.807) is 4.90 Å². The summed E-state index contributed by atoms with van der Waals surface area (Å²) in [4.78, 5) is 38.3. The molecule has 0 aromatic heterocycles. The van der Waals surface area contributed by atoms with Crippen LogP contribution in [-0.2, 0) is 29.1 Å². The highest BCUT2D eigenvalue weighted by atomic mass is 16.2. The summed E-state index contributed by atoms with van der Waals surface area (Å²) in [5, 5.41) is 5.72. The van der Waals surface area contributed by atoms with Gasteiger partial charge in [0.1, 0.15) is 6.04 Å². The molecule has 4 rings (SSSR count). The van der Waals surface area contributed by atoms with E-state index < -0.39 is 11.9 Å². The van der Waals surface area contributed by atoms with Crippen LogP contribution in [0.15, 0.2) is 42.5 Å². The topological polar surface area (TPSA) is 105 Å². The van der Waals surface area contributed by atoms with E-state index >= 15 is 0 Å². The van der Waals surface area contributed by atoms with Gasteiger partial charge in [-0.3, -0.25) is 19.7 Å². The molecular weight excluding hydrogens is 368 g/mol. The van der Waals surface area contributed by atoms with Crippen molar-refractivity contribution in [1.82, 2.24) is 10.2 Å². The van der Waals surface area contributed by atoms with Crippen molar-refractivity contribution in [1.29, 1.82) is 0 Å². The van der Waals surface area contributed by atoms with Gasteiger partial charge in [-0.1, -0.05) is 30.3 Å². The third-order valence-electron chi connectivity index (χ3n) is 5.48. The number of nitrogens with two attached hydrogens (primary N) is 1. The molecule has 150 valence electrons. The molecule has 1 unspecified atom stereocenters. The van der Waals surface area contributed by atoms with Gasteiger partial charge in [-0.25, -0.2) is 0 Å². The monoisotopic (exact) mass is 392 g/mol. The van der Waals surface area contributed by atoms with Crippen molar-refractivity contribution in [3.8, 4) is 0 Å². The molecule has 2 aliphatic rings. The number of anilines is 1. The quantitative estimate of drug-likeness (QED) is 0.647. The van der Waals surface area contributed by atoms with E-state index in [2.05, 4.69) is 16.7 Å². The fourth-order valence-corrected chi connectivity index (χ4v) is 4.04. The Balaban J connectivity index is 1.51. The molecule has 4 N–H and O–H groups in total. The molecule has 2 aliphatic heterocycles. The van der Waals surface area contributed by atoms with Crippen LogP contribution in [-0.4, -0.2) is 35.2 Å². The highest BCUT2D eigenvalue weighted by Gasteiger charge is 2.39. The SMILES string of the molecule is NCCc1cccc(NCc2cccc3c2C(=O)N(C2CCC(=O)NC2=O)C3)c1. The molecular formula is C22H24N4O3. The standard InChI is InChI=1S/C22H24N4O3/c23-10-9-14-3-1-6-17(11-14)24-12-15-4-2-5-16-13-26(22(29)20(15)16)18-7-8-19(27)25-21(18)28/h1-6,11,18,24H,7-10,12-13,23H2,(H,25,27,28). The minimum atomic E-state index is -0.596. The molecule has 29 heavy (non-hydrogen) atoms. The number of amides is 3. The summed E-state index contributed by atoms with van der Waals surface area (Å²) in [5.41, 5.74) is 10.2. The second-order valence-electron chi connectivity index (χ2n) is 7.44. The van der Waals surface area contributed by atoms with Crippen LogP contribution in [0.5, 0.6) is 0 Å². The molecule has 7 heteroatoms. The van der Waals surface area contributed by atoms with Gasteiger partial charge in [0, 0.05) is 30.8 Å². The Kier molecular flexibility index (Phi) is 5.31. The van der Waals surface area contributed by atoms with Crippen molar-refractivity contribution in [3.05, 3.63) is 64.7 Å². The predicted octanol–water partition coefficient (Wildman–Crippen LogP) is 1.56. The molecule has 0 aliphatic carbocycles. The van der Waals surface area contributed by atoms with Gasteiger partial charge in [-0.15, -0.1) is 0 Å². The molecule has 2 aromatic rings. The summed E-state index contributed by atoms with van der Waals surface area (Å²) in [7, 11) is 0. The van der Waals surface area contributed by atoms with Gasteiger partial charge in [0.25, 0.3) is 5.91 Å². The van der Waals surface area contributed by atoms with Crippen LogP contribution in [0.2, 0.25) is 0 Å². The number of imide groups is 1. The maximum Gasteiger partial charge on any atom is 0.255 e. The predicted molar refractivity (Wildman–Crippen MR) is 109 cm³/mol. The van der Waals surface area contributed by atoms with Crippen LogP contribution in [0.25, 0.3) is 0 Å². The number of hydrogen-bond donors (Lipinski definition) is 3. The maximum absolute atomic E-state index is 13.1. The summed E-state index contributed by atoms with van der Waals surface area (Å²) < 4.78 is 0. The molecule has 2 aromatic carbocycles. The second-order valence-corrected chi connectivity index (χ2v) is 7.44. The van der Waals surface area contributed by atoms with E-state index in [0.717, 1.165) is 28.8 Å². The third kappa shape index (κ3) is 3.86. The number of carbonyl (C=O) groups excluding carboxylic acids is 3. The first-order valence-corrected chi connectivity index (χ1v) is 9.85. The van der Waals surface area contributed by atoms with Gasteiger partial charge in [-0.2, -0.15) is 0 Å². The van der Waals surface area contributed by atoms with Crippen molar-refractivity contribution < 1.29 is 14.4 Å². The molecule has 7 nitrogen and oxygen atoms in total. The molecule has 2 heterocycles. The molecule has 0 radical (unpaired) electrons. The number of nitrogens with zero attached hydrogens (tertiary/aromatic N) is 1. The molecule has 1 atom stereocenters. The summed E-state index contributed by atoms with van der Waals surface area (Å²) >= 11 is 0. The first-order valence-electron chi connectivity index (χ1n) is 9.85. The van der Waals surface area contributed by atoms with Crippen molar-refractivity contribution >= 4 is 23.4 Å². The number of nitrogens with one attached hydrogen (secondary N) is 2. The Morgan fingerprint density at radius 1 is 1.14 bits per heavy atom. The van der Waals surface area contributed by atoms with Gasteiger partial charge in [0.05, 0.1) is 0 Å². The van der Waals surface area contributed by atoms with E-state index in [-0.39, 0.29) is 18.2 Å². The average Bonchev–Trinajstić information content (AvgIpc) is 3.04. The smallest absolute Gasteiger partial charge is 0.255 e. The fourth-order valence-electron chi connectivity index (χ4n) is 4.04. The van der Waals surface area contributed by atoms with E-state index in [0.29, 0.717) is 31.6 Å². The van der Waals surface area contributed by atoms with Crippen LogP contribution in [0.1, 0.15) is 39.9 Å². The summed E-state index contributed by atoms with van der Waals surface area (Å²) in [5.74, 6) is -0.820. The Bertz CT molecular complexity index is 972. The maximum atomic E-state index is 13.1. The van der Waals surface area contributed by atoms with Crippen LogP contribution in [0.4, 0.5) is 5.69 Å². The van der Waals surface area contributed by atoms with Gasteiger partial charge >= 0.3 is 0 Å². The zero-order valence-electron chi connectivity index (χ0n) is 16.1.